The molecule has 0 radical (unpaired) electrons. The molecule has 38 heavy (non-hydrogen) atoms. The maximum Gasteiger partial charge on any atom is 0.252 e. The van der Waals surface area contributed by atoms with Crippen molar-refractivity contribution in [1.29, 1.82) is 0 Å². The normalized spacial score (nSPS) is 12.4. The molecule has 1 atom stereocenters. The van der Waals surface area contributed by atoms with Gasteiger partial charge in [0.2, 0.25) is 19.9 Å². The van der Waals surface area contributed by atoms with Gasteiger partial charge in [-0.15, -0.1) is 12.4 Å². The Bertz CT molecular complexity index is 1510. The van der Waals surface area contributed by atoms with Gasteiger partial charge < -0.3 is 26.4 Å². The number of halogens is 1. The van der Waals surface area contributed by atoms with Crippen LogP contribution in [0.1, 0.15) is 27.6 Å². The lowest BCUT2D eigenvalue weighted by molar-refractivity contribution is 0.0997. The third-order valence-corrected chi connectivity index (χ3v) is 7.76. The Morgan fingerprint density at radius 2 is 1.53 bits per heavy atom. The summed E-state index contributed by atoms with van der Waals surface area (Å²) >= 11 is 0. The van der Waals surface area contributed by atoms with Crippen LogP contribution in [-0.4, -0.2) is 57.4 Å². The van der Waals surface area contributed by atoms with Crippen LogP contribution in [0.4, 0.5) is 5.69 Å². The lowest BCUT2D eigenvalue weighted by Crippen LogP contribution is -2.24. The van der Waals surface area contributed by atoms with Crippen LogP contribution in [-0.2, 0) is 26.3 Å². The predicted octanol–water partition coefficient (Wildman–Crippen LogP) is 1.69. The highest BCUT2D eigenvalue weighted by atomic mass is 35.5. The Morgan fingerprint density at radius 1 is 0.921 bits per heavy atom. The van der Waals surface area contributed by atoms with E-state index in [0.717, 1.165) is 24.0 Å². The minimum absolute atomic E-state index is 0. The molecule has 206 valence electrons. The van der Waals surface area contributed by atoms with Gasteiger partial charge in [-0.1, -0.05) is 18.2 Å². The second-order valence-corrected chi connectivity index (χ2v) is 12.0. The number of aromatic hydroxyl groups is 2. The molecular weight excluding hydrogens is 558 g/mol. The number of phenols is 2. The van der Waals surface area contributed by atoms with Crippen LogP contribution in [0.3, 0.4) is 0 Å². The van der Waals surface area contributed by atoms with Crippen LogP contribution < -0.4 is 15.8 Å². The second kappa shape index (κ2) is 12.5. The minimum atomic E-state index is -3.94. The molecule has 0 heterocycles. The molecular formula is C24H28ClN3O8S2. The molecule has 0 bridgehead atoms. The lowest BCUT2D eigenvalue weighted by Gasteiger charge is -2.15. The summed E-state index contributed by atoms with van der Waals surface area (Å²) in [7, 11) is -7.54. The topological polar surface area (TPSA) is 196 Å². The maximum absolute atomic E-state index is 12.9. The Hall–Kier alpha value is -3.36. The highest BCUT2D eigenvalue weighted by molar-refractivity contribution is 7.92. The number of hydrogen-bond donors (Lipinski definition) is 6. The number of carbonyl (C=O) groups excluding carboxylic acids is 1. The summed E-state index contributed by atoms with van der Waals surface area (Å²) in [5, 5.41) is 33.0. The quantitative estimate of drug-likeness (QED) is 0.143. The Balaban J connectivity index is 0.00000507. The molecule has 0 aliphatic rings. The van der Waals surface area contributed by atoms with Crippen molar-refractivity contribution in [3.63, 3.8) is 0 Å². The molecule has 7 N–H and O–H groups in total. The van der Waals surface area contributed by atoms with Crippen molar-refractivity contribution >= 4 is 43.9 Å². The number of hydrogen-bond acceptors (Lipinski definition) is 9. The van der Waals surface area contributed by atoms with Gasteiger partial charge >= 0.3 is 0 Å². The molecule has 0 fully saturated rings. The van der Waals surface area contributed by atoms with Gasteiger partial charge in [0.25, 0.3) is 5.91 Å². The van der Waals surface area contributed by atoms with Crippen molar-refractivity contribution in [3.8, 4) is 11.5 Å². The SMILES string of the molecule is CS(=O)(=O)Nc1cc([C@@H](O)CNCCc2ccc(S(=O)(=O)c3ccc(O)c(C(N)=O)c3)cc2)ccc1O.Cl. The number of sulfone groups is 1. The van der Waals surface area contributed by atoms with Crippen LogP contribution in [0, 0.1) is 0 Å². The summed E-state index contributed by atoms with van der Waals surface area (Å²) in [5.41, 5.74) is 6.08. The largest absolute Gasteiger partial charge is 0.507 e. The van der Waals surface area contributed by atoms with Gasteiger partial charge in [0.15, 0.2) is 0 Å². The first kappa shape index (κ1) is 30.9. The molecule has 0 aromatic heterocycles. The van der Waals surface area contributed by atoms with Gasteiger partial charge in [0.1, 0.15) is 11.5 Å². The third kappa shape index (κ3) is 7.82. The van der Waals surface area contributed by atoms with Crippen molar-refractivity contribution in [3.05, 3.63) is 77.4 Å². The molecule has 3 rings (SSSR count). The monoisotopic (exact) mass is 585 g/mol. The number of primary amides is 1. The molecule has 0 saturated heterocycles. The third-order valence-electron chi connectivity index (χ3n) is 5.41. The Morgan fingerprint density at radius 3 is 2.13 bits per heavy atom. The number of carbonyl (C=O) groups is 1. The van der Waals surface area contributed by atoms with E-state index in [-0.39, 0.29) is 45.7 Å². The van der Waals surface area contributed by atoms with Crippen LogP contribution in [0.15, 0.2) is 70.5 Å². The molecule has 1 amide bonds. The highest BCUT2D eigenvalue weighted by Gasteiger charge is 2.20. The van der Waals surface area contributed by atoms with E-state index in [1.165, 1.54) is 36.4 Å². The van der Waals surface area contributed by atoms with Gasteiger partial charge in [0, 0.05) is 6.54 Å². The zero-order chi connectivity index (χ0) is 27.4. The fraction of sp³-hybridized carbons (Fsp3) is 0.208. The van der Waals surface area contributed by atoms with Crippen LogP contribution >= 0.6 is 12.4 Å². The summed E-state index contributed by atoms with van der Waals surface area (Å²) in [6.07, 6.45) is 0.504. The number of rotatable bonds is 11. The van der Waals surface area contributed by atoms with Gasteiger partial charge in [-0.05, 0) is 66.6 Å². The first-order chi connectivity index (χ1) is 17.3. The van der Waals surface area contributed by atoms with Crippen molar-refractivity contribution in [1.82, 2.24) is 5.32 Å². The minimum Gasteiger partial charge on any atom is -0.507 e. The number of anilines is 1. The fourth-order valence-corrected chi connectivity index (χ4v) is 5.33. The number of sulfonamides is 1. The number of nitrogens with two attached hydrogens (primary N) is 1. The Kier molecular flexibility index (Phi) is 10.1. The highest BCUT2D eigenvalue weighted by Crippen LogP contribution is 2.28. The van der Waals surface area contributed by atoms with Gasteiger partial charge in [0.05, 0.1) is 33.4 Å². The van der Waals surface area contributed by atoms with Crippen molar-refractivity contribution < 1.29 is 36.9 Å². The van der Waals surface area contributed by atoms with Crippen LogP contribution in [0.5, 0.6) is 11.5 Å². The van der Waals surface area contributed by atoms with E-state index in [4.69, 9.17) is 5.73 Å². The number of aliphatic hydroxyl groups excluding tert-OH is 1. The van der Waals surface area contributed by atoms with E-state index in [9.17, 15) is 36.9 Å². The summed E-state index contributed by atoms with van der Waals surface area (Å²) in [5.74, 6) is -1.62. The van der Waals surface area contributed by atoms with E-state index in [1.54, 1.807) is 12.1 Å². The van der Waals surface area contributed by atoms with Crippen LogP contribution in [0.2, 0.25) is 0 Å². The number of benzene rings is 3. The summed E-state index contributed by atoms with van der Waals surface area (Å²) in [6.45, 7) is 0.605. The average Bonchev–Trinajstić information content (AvgIpc) is 2.82. The summed E-state index contributed by atoms with van der Waals surface area (Å²) in [4.78, 5) is 11.3. The molecule has 0 saturated carbocycles. The zero-order valence-corrected chi connectivity index (χ0v) is 22.6. The van der Waals surface area contributed by atoms with Crippen LogP contribution in [0.25, 0.3) is 0 Å². The molecule has 0 aliphatic heterocycles. The number of phenolic OH excluding ortho intramolecular Hbond substituents is 1. The van der Waals surface area contributed by atoms with Crippen molar-refractivity contribution in [2.45, 2.75) is 22.3 Å². The van der Waals surface area contributed by atoms with Crippen molar-refractivity contribution in [2.75, 3.05) is 24.1 Å². The average molecular weight is 586 g/mol. The van der Waals surface area contributed by atoms with E-state index >= 15 is 0 Å². The first-order valence-corrected chi connectivity index (χ1v) is 14.3. The molecule has 3 aromatic carbocycles. The molecule has 3 aromatic rings. The van der Waals surface area contributed by atoms with E-state index in [0.29, 0.717) is 18.5 Å². The number of nitrogens with one attached hydrogen (secondary N) is 2. The van der Waals surface area contributed by atoms with Gasteiger partial charge in [-0.3, -0.25) is 9.52 Å². The molecule has 11 nitrogen and oxygen atoms in total. The van der Waals surface area contributed by atoms with Crippen molar-refractivity contribution in [2.24, 2.45) is 5.73 Å². The predicted molar refractivity (Wildman–Crippen MR) is 144 cm³/mol. The molecule has 0 aliphatic carbocycles. The molecule has 0 spiro atoms. The lowest BCUT2D eigenvalue weighted by atomic mass is 10.1. The molecule has 0 unspecified atom stereocenters. The fourth-order valence-electron chi connectivity index (χ4n) is 3.48. The summed E-state index contributed by atoms with van der Waals surface area (Å²) < 4.78 is 50.8. The number of aliphatic hydroxyl groups is 1. The van der Waals surface area contributed by atoms with E-state index in [2.05, 4.69) is 10.0 Å². The standard InChI is InChI=1S/C24H27N3O8S2.ClH/c1-36(32,33)27-20-12-16(4-8-22(20)29)23(30)14-26-11-10-15-2-5-17(6-3-15)37(34,35)18-7-9-21(28)19(13-18)24(25)31;/h2-9,12-13,23,26-30H,10-11,14H2,1H3,(H2,25,31);1H/t23-;/m0./s1. The van der Waals surface area contributed by atoms with Gasteiger partial charge in [-0.2, -0.15) is 0 Å². The maximum atomic E-state index is 12.9. The smallest absolute Gasteiger partial charge is 0.252 e. The molecule has 14 heteroatoms. The zero-order valence-electron chi connectivity index (χ0n) is 20.2. The first-order valence-electron chi connectivity index (χ1n) is 10.9. The summed E-state index contributed by atoms with van der Waals surface area (Å²) in [6, 6.07) is 13.6. The number of amides is 1. The van der Waals surface area contributed by atoms with Gasteiger partial charge in [-0.25, -0.2) is 16.8 Å². The Labute approximate surface area is 226 Å². The van der Waals surface area contributed by atoms with E-state index < -0.39 is 37.6 Å². The second-order valence-electron chi connectivity index (χ2n) is 8.31. The van der Waals surface area contributed by atoms with E-state index in [1.807, 2.05) is 0 Å².